The van der Waals surface area contributed by atoms with Crippen LogP contribution in [0, 0.1) is 0 Å². The van der Waals surface area contributed by atoms with Crippen molar-refractivity contribution in [2.24, 2.45) is 0 Å². The van der Waals surface area contributed by atoms with E-state index in [1.165, 1.54) is 38.4 Å². The van der Waals surface area contributed by atoms with Crippen LogP contribution in [0.5, 0.6) is 0 Å². The van der Waals surface area contributed by atoms with Gasteiger partial charge in [0.25, 0.3) is 5.91 Å². The van der Waals surface area contributed by atoms with Gasteiger partial charge in [-0.25, -0.2) is 13.1 Å². The molecule has 1 fully saturated rings. The Balaban J connectivity index is 1.82. The van der Waals surface area contributed by atoms with Crippen LogP contribution in [-0.4, -0.2) is 52.5 Å². The van der Waals surface area contributed by atoms with E-state index < -0.39 is 10.0 Å². The van der Waals surface area contributed by atoms with Crippen LogP contribution in [0.4, 0.5) is 0 Å². The summed E-state index contributed by atoms with van der Waals surface area (Å²) >= 11 is 0. The van der Waals surface area contributed by atoms with Gasteiger partial charge in [-0.1, -0.05) is 12.5 Å². The zero-order valence-corrected chi connectivity index (χ0v) is 14.4. The lowest BCUT2D eigenvalue weighted by molar-refractivity contribution is 0.0951. The van der Waals surface area contributed by atoms with Gasteiger partial charge in [0.05, 0.1) is 4.90 Å². The molecule has 0 unspecified atom stereocenters. The number of sulfonamides is 1. The van der Waals surface area contributed by atoms with Crippen LogP contribution in [0.3, 0.4) is 0 Å². The molecule has 2 rings (SSSR count). The topological polar surface area (TPSA) is 78.5 Å². The van der Waals surface area contributed by atoms with Crippen molar-refractivity contribution in [2.75, 3.05) is 33.2 Å². The molecule has 1 aliphatic heterocycles. The number of hydrogen-bond acceptors (Lipinski definition) is 4. The molecule has 0 aromatic heterocycles. The lowest BCUT2D eigenvalue weighted by Gasteiger charge is -2.26. The predicted octanol–water partition coefficient (Wildman–Crippen LogP) is 1.20. The van der Waals surface area contributed by atoms with Crippen molar-refractivity contribution >= 4 is 15.9 Å². The molecular weight excluding hydrogens is 314 g/mol. The summed E-state index contributed by atoms with van der Waals surface area (Å²) in [5, 5.41) is 2.85. The van der Waals surface area contributed by atoms with Crippen molar-refractivity contribution in [2.45, 2.75) is 30.6 Å². The van der Waals surface area contributed by atoms with E-state index in [4.69, 9.17) is 0 Å². The van der Waals surface area contributed by atoms with Crippen molar-refractivity contribution in [3.63, 3.8) is 0 Å². The van der Waals surface area contributed by atoms with Crippen molar-refractivity contribution < 1.29 is 13.2 Å². The van der Waals surface area contributed by atoms with Crippen LogP contribution in [0.25, 0.3) is 0 Å². The highest BCUT2D eigenvalue weighted by Gasteiger charge is 2.14. The first-order valence-electron chi connectivity index (χ1n) is 8.07. The number of likely N-dealkylation sites (tertiary alicyclic amines) is 1. The number of amides is 1. The number of carbonyl (C=O) groups is 1. The normalized spacial score (nSPS) is 16.2. The third-order valence-electron chi connectivity index (χ3n) is 4.06. The maximum atomic E-state index is 12.1. The second kappa shape index (κ2) is 8.42. The zero-order valence-electron chi connectivity index (χ0n) is 13.5. The predicted molar refractivity (Wildman–Crippen MR) is 89.9 cm³/mol. The number of nitrogens with zero attached hydrogens (tertiary/aromatic N) is 1. The fourth-order valence-corrected chi connectivity index (χ4v) is 3.49. The summed E-state index contributed by atoms with van der Waals surface area (Å²) in [7, 11) is -2.18. The van der Waals surface area contributed by atoms with E-state index >= 15 is 0 Å². The third-order valence-corrected chi connectivity index (χ3v) is 5.47. The molecule has 0 spiro atoms. The van der Waals surface area contributed by atoms with Gasteiger partial charge in [-0.05, 0) is 64.1 Å². The van der Waals surface area contributed by atoms with Crippen LogP contribution >= 0.6 is 0 Å². The highest BCUT2D eigenvalue weighted by atomic mass is 32.2. The van der Waals surface area contributed by atoms with Gasteiger partial charge in [0.1, 0.15) is 0 Å². The fourth-order valence-electron chi connectivity index (χ4n) is 2.71. The van der Waals surface area contributed by atoms with E-state index in [-0.39, 0.29) is 10.8 Å². The third kappa shape index (κ3) is 5.30. The lowest BCUT2D eigenvalue weighted by atomic mass is 10.1. The van der Waals surface area contributed by atoms with Gasteiger partial charge in [0, 0.05) is 12.1 Å². The number of rotatable bonds is 7. The Bertz CT molecular complexity index is 625. The highest BCUT2D eigenvalue weighted by Crippen LogP contribution is 2.11. The van der Waals surface area contributed by atoms with E-state index in [0.29, 0.717) is 12.1 Å². The number of piperidine rings is 1. The van der Waals surface area contributed by atoms with Gasteiger partial charge in [0.2, 0.25) is 10.0 Å². The first-order chi connectivity index (χ1) is 11.0. The van der Waals surface area contributed by atoms with Gasteiger partial charge in [-0.3, -0.25) is 4.79 Å². The molecule has 1 aromatic carbocycles. The Morgan fingerprint density at radius 2 is 1.96 bits per heavy atom. The average molecular weight is 339 g/mol. The molecule has 2 N–H and O–H groups in total. The van der Waals surface area contributed by atoms with Crippen molar-refractivity contribution in [3.8, 4) is 0 Å². The molecule has 0 aliphatic carbocycles. The number of nitrogens with one attached hydrogen (secondary N) is 2. The van der Waals surface area contributed by atoms with Crippen LogP contribution in [-0.2, 0) is 10.0 Å². The fraction of sp³-hybridized carbons (Fsp3) is 0.562. The maximum Gasteiger partial charge on any atom is 0.251 e. The maximum absolute atomic E-state index is 12.1. The minimum Gasteiger partial charge on any atom is -0.352 e. The summed E-state index contributed by atoms with van der Waals surface area (Å²) in [5.41, 5.74) is 0.360. The minimum absolute atomic E-state index is 0.0981. The quantitative estimate of drug-likeness (QED) is 0.732. The van der Waals surface area contributed by atoms with Gasteiger partial charge in [-0.15, -0.1) is 0 Å². The van der Waals surface area contributed by atoms with Gasteiger partial charge in [0.15, 0.2) is 0 Å². The second-order valence-corrected chi connectivity index (χ2v) is 7.63. The molecular formula is C16H25N3O3S. The molecule has 1 heterocycles. The Hall–Kier alpha value is -1.44. The van der Waals surface area contributed by atoms with E-state index in [0.717, 1.165) is 26.1 Å². The SMILES string of the molecule is CNS(=O)(=O)c1cccc(C(=O)NCCCN2CCCCC2)c1. The Morgan fingerprint density at radius 3 is 2.65 bits per heavy atom. The second-order valence-electron chi connectivity index (χ2n) is 5.75. The number of carbonyl (C=O) groups excluding carboxylic acids is 1. The molecule has 7 heteroatoms. The molecule has 0 saturated carbocycles. The molecule has 1 aromatic rings. The number of hydrogen-bond donors (Lipinski definition) is 2. The highest BCUT2D eigenvalue weighted by molar-refractivity contribution is 7.89. The van der Waals surface area contributed by atoms with E-state index in [2.05, 4.69) is 14.9 Å². The first-order valence-corrected chi connectivity index (χ1v) is 9.55. The zero-order chi connectivity index (χ0) is 16.7. The smallest absolute Gasteiger partial charge is 0.251 e. The molecule has 1 amide bonds. The van der Waals surface area contributed by atoms with E-state index in [9.17, 15) is 13.2 Å². The van der Waals surface area contributed by atoms with Crippen LogP contribution in [0.1, 0.15) is 36.0 Å². The monoisotopic (exact) mass is 339 g/mol. The minimum atomic E-state index is -3.53. The van der Waals surface area contributed by atoms with E-state index in [1.807, 2.05) is 0 Å². The van der Waals surface area contributed by atoms with Crippen LogP contribution < -0.4 is 10.0 Å². The molecule has 1 aliphatic rings. The van der Waals surface area contributed by atoms with Gasteiger partial charge in [-0.2, -0.15) is 0 Å². The summed E-state index contributed by atoms with van der Waals surface area (Å²) in [4.78, 5) is 14.6. The van der Waals surface area contributed by atoms with Crippen molar-refractivity contribution in [3.05, 3.63) is 29.8 Å². The lowest BCUT2D eigenvalue weighted by Crippen LogP contribution is -2.33. The Labute approximate surface area is 138 Å². The molecule has 23 heavy (non-hydrogen) atoms. The first kappa shape index (κ1) is 17.9. The summed E-state index contributed by atoms with van der Waals surface area (Å²) in [6.07, 6.45) is 4.75. The average Bonchev–Trinajstić information content (AvgIpc) is 2.59. The molecule has 0 bridgehead atoms. The van der Waals surface area contributed by atoms with Gasteiger partial charge >= 0.3 is 0 Å². The number of benzene rings is 1. The van der Waals surface area contributed by atoms with Gasteiger partial charge < -0.3 is 10.2 Å². The summed E-state index contributed by atoms with van der Waals surface area (Å²) in [6.45, 7) is 3.89. The molecule has 1 saturated heterocycles. The molecule has 128 valence electrons. The van der Waals surface area contributed by atoms with Crippen LogP contribution in [0.2, 0.25) is 0 Å². The summed E-state index contributed by atoms with van der Waals surface area (Å²) < 4.78 is 25.8. The summed E-state index contributed by atoms with van der Waals surface area (Å²) in [5.74, 6) is -0.239. The Kier molecular flexibility index (Phi) is 6.56. The van der Waals surface area contributed by atoms with Crippen molar-refractivity contribution in [1.82, 2.24) is 14.9 Å². The largest absolute Gasteiger partial charge is 0.352 e. The molecule has 0 radical (unpaired) electrons. The van der Waals surface area contributed by atoms with E-state index in [1.54, 1.807) is 12.1 Å². The molecule has 0 atom stereocenters. The summed E-state index contributed by atoms with van der Waals surface area (Å²) in [6, 6.07) is 6.06. The van der Waals surface area contributed by atoms with Crippen molar-refractivity contribution in [1.29, 1.82) is 0 Å². The van der Waals surface area contributed by atoms with Crippen LogP contribution in [0.15, 0.2) is 29.2 Å². The molecule has 6 nitrogen and oxygen atoms in total. The standard InChI is InChI=1S/C16H25N3O3S/c1-17-23(21,22)15-8-5-7-14(13-15)16(20)18-9-6-12-19-10-3-2-4-11-19/h5,7-8,13,17H,2-4,6,9-12H2,1H3,(H,18,20). The Morgan fingerprint density at radius 1 is 1.22 bits per heavy atom.